The fourth-order valence-corrected chi connectivity index (χ4v) is 1.84. The van der Waals surface area contributed by atoms with Gasteiger partial charge in [-0.1, -0.05) is 18.2 Å². The third-order valence-corrected chi connectivity index (χ3v) is 2.86. The standard InChI is InChI=1S/C15H15F2NO/c1-10-6-7-14(19-2)13(8-10)18-9-11-4-3-5-12(16)15(11)17/h3-8,18H,9H2,1-2H3. The van der Waals surface area contributed by atoms with E-state index in [0.717, 1.165) is 17.3 Å². The summed E-state index contributed by atoms with van der Waals surface area (Å²) >= 11 is 0. The maximum Gasteiger partial charge on any atom is 0.163 e. The molecule has 100 valence electrons. The number of halogens is 2. The topological polar surface area (TPSA) is 21.3 Å². The first kappa shape index (κ1) is 13.3. The summed E-state index contributed by atoms with van der Waals surface area (Å²) in [4.78, 5) is 0. The van der Waals surface area contributed by atoms with E-state index in [1.165, 1.54) is 6.07 Å². The summed E-state index contributed by atoms with van der Waals surface area (Å²) in [5.74, 6) is -0.987. The Kier molecular flexibility index (Phi) is 4.00. The Morgan fingerprint density at radius 1 is 1.16 bits per heavy atom. The van der Waals surface area contributed by atoms with Crippen molar-refractivity contribution < 1.29 is 13.5 Å². The summed E-state index contributed by atoms with van der Waals surface area (Å²) in [6.45, 7) is 2.15. The van der Waals surface area contributed by atoms with Crippen molar-refractivity contribution in [3.8, 4) is 5.75 Å². The van der Waals surface area contributed by atoms with Gasteiger partial charge in [0, 0.05) is 12.1 Å². The van der Waals surface area contributed by atoms with Crippen LogP contribution in [0, 0.1) is 18.6 Å². The first-order valence-electron chi connectivity index (χ1n) is 5.93. The normalized spacial score (nSPS) is 10.3. The van der Waals surface area contributed by atoms with Crippen molar-refractivity contribution in [3.63, 3.8) is 0 Å². The van der Waals surface area contributed by atoms with Crippen LogP contribution in [0.2, 0.25) is 0 Å². The molecule has 19 heavy (non-hydrogen) atoms. The van der Waals surface area contributed by atoms with Crippen LogP contribution < -0.4 is 10.1 Å². The zero-order valence-corrected chi connectivity index (χ0v) is 10.8. The predicted molar refractivity (Wildman–Crippen MR) is 71.4 cm³/mol. The molecule has 0 spiro atoms. The third kappa shape index (κ3) is 3.02. The molecule has 2 rings (SSSR count). The van der Waals surface area contributed by atoms with Crippen LogP contribution in [0.15, 0.2) is 36.4 Å². The third-order valence-electron chi connectivity index (χ3n) is 2.86. The molecule has 0 unspecified atom stereocenters. The van der Waals surface area contributed by atoms with Gasteiger partial charge >= 0.3 is 0 Å². The second kappa shape index (κ2) is 5.69. The van der Waals surface area contributed by atoms with E-state index in [2.05, 4.69) is 5.32 Å². The van der Waals surface area contributed by atoms with Gasteiger partial charge < -0.3 is 10.1 Å². The van der Waals surface area contributed by atoms with Crippen molar-refractivity contribution in [1.82, 2.24) is 0 Å². The van der Waals surface area contributed by atoms with Crippen molar-refractivity contribution in [3.05, 3.63) is 59.2 Å². The van der Waals surface area contributed by atoms with Crippen LogP contribution in [-0.2, 0) is 6.54 Å². The molecule has 0 aliphatic carbocycles. The van der Waals surface area contributed by atoms with Crippen molar-refractivity contribution in [2.24, 2.45) is 0 Å². The fourth-order valence-electron chi connectivity index (χ4n) is 1.84. The van der Waals surface area contributed by atoms with E-state index in [0.29, 0.717) is 5.75 Å². The molecule has 2 nitrogen and oxygen atoms in total. The number of nitrogens with one attached hydrogen (secondary N) is 1. The van der Waals surface area contributed by atoms with Gasteiger partial charge in [0.15, 0.2) is 11.6 Å². The Hall–Kier alpha value is -2.10. The number of anilines is 1. The number of ether oxygens (including phenoxy) is 1. The Morgan fingerprint density at radius 2 is 1.95 bits per heavy atom. The van der Waals surface area contributed by atoms with Gasteiger partial charge in [-0.25, -0.2) is 8.78 Å². The van der Waals surface area contributed by atoms with Crippen molar-refractivity contribution in [2.45, 2.75) is 13.5 Å². The first-order valence-corrected chi connectivity index (χ1v) is 5.93. The number of methoxy groups -OCH3 is 1. The van der Waals surface area contributed by atoms with Crippen molar-refractivity contribution >= 4 is 5.69 Å². The molecule has 0 amide bonds. The lowest BCUT2D eigenvalue weighted by molar-refractivity contribution is 0.416. The van der Waals surface area contributed by atoms with E-state index in [4.69, 9.17) is 4.74 Å². The summed E-state index contributed by atoms with van der Waals surface area (Å²) in [5, 5.41) is 3.06. The van der Waals surface area contributed by atoms with E-state index in [9.17, 15) is 8.78 Å². The van der Waals surface area contributed by atoms with Crippen LogP contribution in [0.5, 0.6) is 5.75 Å². The average molecular weight is 263 g/mol. The molecule has 0 saturated heterocycles. The lowest BCUT2D eigenvalue weighted by atomic mass is 10.1. The lowest BCUT2D eigenvalue weighted by Crippen LogP contribution is -2.04. The predicted octanol–water partition coefficient (Wildman–Crippen LogP) is 3.89. The molecule has 0 bridgehead atoms. The van der Waals surface area contributed by atoms with Gasteiger partial charge in [0.1, 0.15) is 5.75 Å². The highest BCUT2D eigenvalue weighted by Crippen LogP contribution is 2.26. The molecular formula is C15H15F2NO. The molecule has 4 heteroatoms. The minimum atomic E-state index is -0.837. The highest BCUT2D eigenvalue weighted by molar-refractivity contribution is 5.58. The number of hydrogen-bond acceptors (Lipinski definition) is 2. The molecule has 0 aliphatic rings. The average Bonchev–Trinajstić information content (AvgIpc) is 2.40. The van der Waals surface area contributed by atoms with Gasteiger partial charge in [-0.15, -0.1) is 0 Å². The molecule has 0 fully saturated rings. The van der Waals surface area contributed by atoms with Gasteiger partial charge in [-0.2, -0.15) is 0 Å². The Morgan fingerprint density at radius 3 is 2.68 bits per heavy atom. The summed E-state index contributed by atoms with van der Waals surface area (Å²) in [6, 6.07) is 9.80. The number of rotatable bonds is 4. The maximum absolute atomic E-state index is 13.5. The van der Waals surface area contributed by atoms with Crippen LogP contribution >= 0.6 is 0 Å². The monoisotopic (exact) mass is 263 g/mol. The SMILES string of the molecule is COc1ccc(C)cc1NCc1cccc(F)c1F. The molecular weight excluding hydrogens is 248 g/mol. The summed E-state index contributed by atoms with van der Waals surface area (Å²) in [5.41, 5.74) is 2.10. The lowest BCUT2D eigenvalue weighted by Gasteiger charge is -2.12. The van der Waals surface area contributed by atoms with Gasteiger partial charge in [-0.05, 0) is 30.7 Å². The van der Waals surface area contributed by atoms with E-state index < -0.39 is 11.6 Å². The fraction of sp³-hybridized carbons (Fsp3) is 0.200. The summed E-state index contributed by atoms with van der Waals surface area (Å²) < 4.78 is 31.8. The summed E-state index contributed by atoms with van der Waals surface area (Å²) in [6.07, 6.45) is 0. The van der Waals surface area contributed by atoms with E-state index >= 15 is 0 Å². The highest BCUT2D eigenvalue weighted by Gasteiger charge is 2.08. The minimum absolute atomic E-state index is 0.198. The van der Waals surface area contributed by atoms with Gasteiger partial charge in [0.25, 0.3) is 0 Å². The molecule has 1 N–H and O–H groups in total. The summed E-state index contributed by atoms with van der Waals surface area (Å²) in [7, 11) is 1.57. The molecule has 2 aromatic rings. The maximum atomic E-state index is 13.5. The minimum Gasteiger partial charge on any atom is -0.495 e. The number of benzene rings is 2. The van der Waals surface area contributed by atoms with Gasteiger partial charge in [0.05, 0.1) is 12.8 Å². The Bertz CT molecular complexity index is 584. The molecule has 0 aromatic heterocycles. The van der Waals surface area contributed by atoms with E-state index in [1.54, 1.807) is 13.2 Å². The first-order chi connectivity index (χ1) is 9.11. The molecule has 2 aromatic carbocycles. The highest BCUT2D eigenvalue weighted by atomic mass is 19.2. The van der Waals surface area contributed by atoms with Crippen LogP contribution in [0.4, 0.5) is 14.5 Å². The number of aryl methyl sites for hydroxylation is 1. The largest absolute Gasteiger partial charge is 0.495 e. The van der Waals surface area contributed by atoms with Gasteiger partial charge in [-0.3, -0.25) is 0 Å². The molecule has 0 aliphatic heterocycles. The van der Waals surface area contributed by atoms with Crippen molar-refractivity contribution in [2.75, 3.05) is 12.4 Å². The molecule has 0 saturated carbocycles. The Labute approximate surface area is 111 Å². The molecule has 0 atom stereocenters. The van der Waals surface area contributed by atoms with Crippen LogP contribution in [-0.4, -0.2) is 7.11 Å². The second-order valence-electron chi connectivity index (χ2n) is 4.27. The van der Waals surface area contributed by atoms with Crippen LogP contribution in [0.1, 0.15) is 11.1 Å². The van der Waals surface area contributed by atoms with Gasteiger partial charge in [0.2, 0.25) is 0 Å². The smallest absolute Gasteiger partial charge is 0.163 e. The molecule has 0 radical (unpaired) electrons. The quantitative estimate of drug-likeness (QED) is 0.903. The van der Waals surface area contributed by atoms with Crippen LogP contribution in [0.25, 0.3) is 0 Å². The van der Waals surface area contributed by atoms with Crippen LogP contribution in [0.3, 0.4) is 0 Å². The second-order valence-corrected chi connectivity index (χ2v) is 4.27. The van der Waals surface area contributed by atoms with Crippen molar-refractivity contribution in [1.29, 1.82) is 0 Å². The molecule has 0 heterocycles. The van der Waals surface area contributed by atoms with E-state index in [-0.39, 0.29) is 12.1 Å². The number of hydrogen-bond donors (Lipinski definition) is 1. The zero-order chi connectivity index (χ0) is 13.8. The zero-order valence-electron chi connectivity index (χ0n) is 10.8. The Balaban J connectivity index is 2.18. The van der Waals surface area contributed by atoms with E-state index in [1.807, 2.05) is 25.1 Å².